The molecule has 0 radical (unpaired) electrons. The van der Waals surface area contributed by atoms with Crippen molar-refractivity contribution >= 4 is 11.8 Å². The first kappa shape index (κ1) is 10.1. The lowest BCUT2D eigenvalue weighted by atomic mass is 9.83. The molecule has 4 heteroatoms. The van der Waals surface area contributed by atoms with Crippen LogP contribution in [0.1, 0.15) is 25.1 Å². The van der Waals surface area contributed by atoms with Crippen LogP contribution < -0.4 is 0 Å². The smallest absolute Gasteiger partial charge is 0.149 e. The Morgan fingerprint density at radius 1 is 1.50 bits per heavy atom. The first-order valence-corrected chi connectivity index (χ1v) is 6.79. The van der Waals surface area contributed by atoms with E-state index < -0.39 is 0 Å². The molecule has 1 aromatic heterocycles. The molecular formula is C12H13N3S. The van der Waals surface area contributed by atoms with E-state index in [0.717, 1.165) is 35.5 Å². The Hall–Kier alpha value is -1.08. The van der Waals surface area contributed by atoms with E-state index in [1.165, 1.54) is 6.42 Å². The molecule has 2 fully saturated rings. The lowest BCUT2D eigenvalue weighted by Gasteiger charge is -2.20. The zero-order valence-corrected chi connectivity index (χ0v) is 10.00. The third-order valence-corrected chi connectivity index (χ3v) is 4.42. The number of nitrogens with zero attached hydrogens (tertiary/aromatic N) is 3. The Morgan fingerprint density at radius 2 is 2.25 bits per heavy atom. The van der Waals surface area contributed by atoms with Crippen molar-refractivity contribution in [2.24, 2.45) is 11.8 Å². The van der Waals surface area contributed by atoms with Gasteiger partial charge in [-0.05, 0) is 43.4 Å². The first-order valence-electron chi connectivity index (χ1n) is 5.56. The van der Waals surface area contributed by atoms with Gasteiger partial charge in [0, 0.05) is 6.20 Å². The third kappa shape index (κ3) is 1.42. The van der Waals surface area contributed by atoms with E-state index in [1.807, 2.05) is 12.3 Å². The van der Waals surface area contributed by atoms with Crippen LogP contribution in [-0.4, -0.2) is 16.2 Å². The van der Waals surface area contributed by atoms with Crippen LogP contribution in [0.15, 0.2) is 17.3 Å². The average Bonchev–Trinajstić information content (AvgIpc) is 2.97. The van der Waals surface area contributed by atoms with E-state index in [9.17, 15) is 5.26 Å². The molecule has 2 atom stereocenters. The molecule has 1 aromatic rings. The van der Waals surface area contributed by atoms with Crippen molar-refractivity contribution in [3.63, 3.8) is 0 Å². The van der Waals surface area contributed by atoms with Crippen LogP contribution in [0.2, 0.25) is 0 Å². The van der Waals surface area contributed by atoms with Crippen molar-refractivity contribution < 1.29 is 0 Å². The number of hydrogen-bond donors (Lipinski definition) is 0. The molecule has 2 aliphatic rings. The monoisotopic (exact) mass is 231 g/mol. The lowest BCUT2D eigenvalue weighted by molar-refractivity contribution is 0.471. The number of fused-ring (bicyclic) bond motifs is 1. The zero-order valence-electron chi connectivity index (χ0n) is 9.18. The summed E-state index contributed by atoms with van der Waals surface area (Å²) in [5.41, 5.74) is -0.390. The van der Waals surface area contributed by atoms with Gasteiger partial charge in [0.25, 0.3) is 0 Å². The highest BCUT2D eigenvalue weighted by Crippen LogP contribution is 2.59. The maximum absolute atomic E-state index is 9.44. The molecule has 0 saturated heterocycles. The van der Waals surface area contributed by atoms with Crippen molar-refractivity contribution in [1.29, 1.82) is 5.26 Å². The van der Waals surface area contributed by atoms with Gasteiger partial charge in [-0.25, -0.2) is 9.97 Å². The minimum absolute atomic E-state index is 0.390. The standard InChI is InChI=1S/C12H13N3S/c1-16-10-2-3-14-11(15-10)12(7-13)5-8-4-9(8)6-12/h2-3,8-9H,4-6H2,1H3. The van der Waals surface area contributed by atoms with Crippen molar-refractivity contribution in [1.82, 2.24) is 9.97 Å². The van der Waals surface area contributed by atoms with E-state index in [4.69, 9.17) is 0 Å². The number of aromatic nitrogens is 2. The molecule has 3 rings (SSSR count). The molecule has 0 spiro atoms. The summed E-state index contributed by atoms with van der Waals surface area (Å²) in [7, 11) is 0. The fourth-order valence-electron chi connectivity index (χ4n) is 2.80. The van der Waals surface area contributed by atoms with Crippen molar-refractivity contribution in [3.8, 4) is 6.07 Å². The molecule has 0 aliphatic heterocycles. The minimum atomic E-state index is -0.390. The summed E-state index contributed by atoms with van der Waals surface area (Å²) >= 11 is 1.60. The van der Waals surface area contributed by atoms with Gasteiger partial charge in [-0.2, -0.15) is 5.26 Å². The number of rotatable bonds is 2. The van der Waals surface area contributed by atoms with E-state index in [1.54, 1.807) is 18.0 Å². The molecule has 2 aliphatic carbocycles. The molecule has 0 N–H and O–H groups in total. The summed E-state index contributed by atoms with van der Waals surface area (Å²) in [5.74, 6) is 2.27. The highest BCUT2D eigenvalue weighted by Gasteiger charge is 2.56. The van der Waals surface area contributed by atoms with Crippen LogP contribution >= 0.6 is 11.8 Å². The van der Waals surface area contributed by atoms with Gasteiger partial charge in [0.15, 0.2) is 0 Å². The molecule has 82 valence electrons. The van der Waals surface area contributed by atoms with Gasteiger partial charge in [-0.15, -0.1) is 11.8 Å². The van der Waals surface area contributed by atoms with E-state index in [2.05, 4.69) is 16.0 Å². The molecule has 0 aromatic carbocycles. The van der Waals surface area contributed by atoms with Crippen LogP contribution in [0.4, 0.5) is 0 Å². The van der Waals surface area contributed by atoms with Gasteiger partial charge < -0.3 is 0 Å². The van der Waals surface area contributed by atoms with Crippen molar-refractivity contribution in [2.45, 2.75) is 29.7 Å². The maximum atomic E-state index is 9.44. The molecule has 3 nitrogen and oxygen atoms in total. The van der Waals surface area contributed by atoms with E-state index in [0.29, 0.717) is 0 Å². The number of hydrogen-bond acceptors (Lipinski definition) is 4. The second-order valence-corrected chi connectivity index (χ2v) is 5.61. The van der Waals surface area contributed by atoms with Crippen molar-refractivity contribution in [3.05, 3.63) is 18.1 Å². The highest BCUT2D eigenvalue weighted by molar-refractivity contribution is 7.98. The Kier molecular flexibility index (Phi) is 2.18. The van der Waals surface area contributed by atoms with Gasteiger partial charge in [0.1, 0.15) is 11.2 Å². The summed E-state index contributed by atoms with van der Waals surface area (Å²) in [4.78, 5) is 8.82. The van der Waals surface area contributed by atoms with Gasteiger partial charge in [0.2, 0.25) is 0 Å². The number of nitriles is 1. The largest absolute Gasteiger partial charge is 0.240 e. The van der Waals surface area contributed by atoms with E-state index in [-0.39, 0.29) is 5.41 Å². The Morgan fingerprint density at radius 3 is 2.88 bits per heavy atom. The van der Waals surface area contributed by atoms with Gasteiger partial charge in [-0.1, -0.05) is 0 Å². The van der Waals surface area contributed by atoms with Crippen LogP contribution in [0, 0.1) is 23.2 Å². The molecule has 0 bridgehead atoms. The molecular weight excluding hydrogens is 218 g/mol. The fraction of sp³-hybridized carbons (Fsp3) is 0.583. The van der Waals surface area contributed by atoms with Crippen LogP contribution in [0.5, 0.6) is 0 Å². The molecule has 0 amide bonds. The number of thioether (sulfide) groups is 1. The topological polar surface area (TPSA) is 49.6 Å². The van der Waals surface area contributed by atoms with Gasteiger partial charge >= 0.3 is 0 Å². The Balaban J connectivity index is 1.98. The van der Waals surface area contributed by atoms with Gasteiger partial charge in [0.05, 0.1) is 11.1 Å². The van der Waals surface area contributed by atoms with Crippen LogP contribution in [0.25, 0.3) is 0 Å². The first-order chi connectivity index (χ1) is 7.77. The summed E-state index contributed by atoms with van der Waals surface area (Å²) in [6.45, 7) is 0. The summed E-state index contributed by atoms with van der Waals surface area (Å²) in [6, 6.07) is 4.37. The summed E-state index contributed by atoms with van der Waals surface area (Å²) in [6.07, 6.45) is 7.01. The second kappa shape index (κ2) is 3.46. The maximum Gasteiger partial charge on any atom is 0.149 e. The lowest BCUT2D eigenvalue weighted by Crippen LogP contribution is -2.25. The predicted octanol–water partition coefficient (Wildman–Crippen LogP) is 2.39. The fourth-order valence-corrected chi connectivity index (χ4v) is 3.17. The molecule has 16 heavy (non-hydrogen) atoms. The van der Waals surface area contributed by atoms with Crippen LogP contribution in [0.3, 0.4) is 0 Å². The predicted molar refractivity (Wildman–Crippen MR) is 61.9 cm³/mol. The third-order valence-electron chi connectivity index (χ3n) is 3.77. The average molecular weight is 231 g/mol. The normalized spacial score (nSPS) is 35.5. The quantitative estimate of drug-likeness (QED) is 0.579. The van der Waals surface area contributed by atoms with E-state index >= 15 is 0 Å². The zero-order chi connectivity index (χ0) is 11.2. The Labute approximate surface area is 99.3 Å². The minimum Gasteiger partial charge on any atom is -0.240 e. The SMILES string of the molecule is CSc1ccnc(C2(C#N)CC3CC3C2)n1. The molecule has 1 heterocycles. The van der Waals surface area contributed by atoms with Crippen LogP contribution in [-0.2, 0) is 5.41 Å². The Bertz CT molecular complexity index is 456. The van der Waals surface area contributed by atoms with Crippen molar-refractivity contribution in [2.75, 3.05) is 6.26 Å². The molecule has 2 saturated carbocycles. The highest BCUT2D eigenvalue weighted by atomic mass is 32.2. The summed E-state index contributed by atoms with van der Waals surface area (Å²) < 4.78 is 0. The summed E-state index contributed by atoms with van der Waals surface area (Å²) in [5, 5.41) is 10.4. The second-order valence-electron chi connectivity index (χ2n) is 4.78. The van der Waals surface area contributed by atoms with Gasteiger partial charge in [-0.3, -0.25) is 0 Å². The molecule has 2 unspecified atom stereocenters.